The Kier molecular flexibility index (Phi) is 6.90. The summed E-state index contributed by atoms with van der Waals surface area (Å²) >= 11 is 0. The first-order valence-electron chi connectivity index (χ1n) is 11.3. The number of carbonyl (C=O) groups is 1. The molecule has 4 rings (SSSR count). The molecule has 0 saturated carbocycles. The average Bonchev–Trinajstić information content (AvgIpc) is 3.26. The maximum atomic E-state index is 13.5. The van der Waals surface area contributed by atoms with Gasteiger partial charge in [-0.25, -0.2) is 0 Å². The van der Waals surface area contributed by atoms with Gasteiger partial charge in [0.15, 0.2) is 0 Å². The van der Waals surface area contributed by atoms with Gasteiger partial charge in [-0.3, -0.25) is 4.79 Å². The van der Waals surface area contributed by atoms with Crippen molar-refractivity contribution in [3.63, 3.8) is 0 Å². The number of ether oxygens (including phenoxy) is 1. The number of amides is 1. The van der Waals surface area contributed by atoms with E-state index in [2.05, 4.69) is 43.0 Å². The van der Waals surface area contributed by atoms with E-state index in [0.717, 1.165) is 47.8 Å². The van der Waals surface area contributed by atoms with Crippen LogP contribution in [0.3, 0.4) is 0 Å². The molecule has 0 aliphatic carbocycles. The van der Waals surface area contributed by atoms with Gasteiger partial charge in [-0.2, -0.15) is 0 Å². The Morgan fingerprint density at radius 2 is 1.88 bits per heavy atom. The van der Waals surface area contributed by atoms with Crippen molar-refractivity contribution in [1.82, 2.24) is 10.1 Å². The van der Waals surface area contributed by atoms with Gasteiger partial charge in [-0.05, 0) is 38.5 Å². The Hall–Kier alpha value is -3.12. The van der Waals surface area contributed by atoms with Crippen LogP contribution in [-0.4, -0.2) is 48.3 Å². The lowest BCUT2D eigenvalue weighted by Crippen LogP contribution is -2.39. The predicted octanol–water partition coefficient (Wildman–Crippen LogP) is 4.93. The second-order valence-electron chi connectivity index (χ2n) is 8.34. The number of rotatable bonds is 7. The van der Waals surface area contributed by atoms with Crippen molar-refractivity contribution in [2.75, 3.05) is 31.2 Å². The fourth-order valence-electron chi connectivity index (χ4n) is 4.04. The van der Waals surface area contributed by atoms with E-state index in [-0.39, 0.29) is 11.9 Å². The first kappa shape index (κ1) is 22.1. The Balaban J connectivity index is 1.76. The van der Waals surface area contributed by atoms with Crippen LogP contribution in [0.1, 0.15) is 41.8 Å². The zero-order valence-electron chi connectivity index (χ0n) is 19.1. The third-order valence-corrected chi connectivity index (χ3v) is 6.09. The van der Waals surface area contributed by atoms with E-state index in [4.69, 9.17) is 9.26 Å². The molecule has 6 nitrogen and oxygen atoms in total. The Morgan fingerprint density at radius 3 is 2.56 bits per heavy atom. The highest BCUT2D eigenvalue weighted by Gasteiger charge is 2.29. The van der Waals surface area contributed by atoms with E-state index in [1.54, 1.807) is 0 Å². The lowest BCUT2D eigenvalue weighted by atomic mass is 10.0. The van der Waals surface area contributed by atoms with Gasteiger partial charge in [0.05, 0.1) is 25.3 Å². The molecule has 0 unspecified atom stereocenters. The highest BCUT2D eigenvalue weighted by atomic mass is 16.5. The summed E-state index contributed by atoms with van der Waals surface area (Å²) in [5.74, 6) is 0.753. The van der Waals surface area contributed by atoms with E-state index < -0.39 is 0 Å². The SMILES string of the molecule is CC[C@@H](C)N(Cc1c(-c2cccc(C)c2)noc1N1CCOCC1)C(=O)c1ccccc1. The van der Waals surface area contributed by atoms with Crippen LogP contribution in [0.15, 0.2) is 59.1 Å². The van der Waals surface area contributed by atoms with Crippen LogP contribution in [0.4, 0.5) is 5.88 Å². The maximum absolute atomic E-state index is 13.5. The number of hydrogen-bond donors (Lipinski definition) is 0. The number of morpholine rings is 1. The van der Waals surface area contributed by atoms with Gasteiger partial charge in [0.25, 0.3) is 5.91 Å². The van der Waals surface area contributed by atoms with Crippen molar-refractivity contribution < 1.29 is 14.1 Å². The van der Waals surface area contributed by atoms with Gasteiger partial charge in [-0.15, -0.1) is 0 Å². The molecule has 1 aromatic heterocycles. The summed E-state index contributed by atoms with van der Waals surface area (Å²) in [4.78, 5) is 17.6. The molecule has 6 heteroatoms. The summed E-state index contributed by atoms with van der Waals surface area (Å²) in [7, 11) is 0. The molecule has 2 heterocycles. The van der Waals surface area contributed by atoms with Crippen molar-refractivity contribution in [3.05, 3.63) is 71.3 Å². The molecule has 1 aliphatic rings. The van der Waals surface area contributed by atoms with E-state index in [9.17, 15) is 4.79 Å². The number of nitrogens with zero attached hydrogens (tertiary/aromatic N) is 3. The summed E-state index contributed by atoms with van der Waals surface area (Å²) in [6.45, 7) is 9.48. The Bertz CT molecular complexity index is 1040. The molecule has 168 valence electrons. The first-order valence-corrected chi connectivity index (χ1v) is 11.3. The van der Waals surface area contributed by atoms with Crippen LogP contribution in [-0.2, 0) is 11.3 Å². The monoisotopic (exact) mass is 433 g/mol. The van der Waals surface area contributed by atoms with Gasteiger partial charge in [-0.1, -0.05) is 54.0 Å². The molecule has 0 N–H and O–H groups in total. The summed E-state index contributed by atoms with van der Waals surface area (Å²) in [6.07, 6.45) is 0.858. The molecule has 0 radical (unpaired) electrons. The Morgan fingerprint density at radius 1 is 1.12 bits per heavy atom. The highest BCUT2D eigenvalue weighted by Crippen LogP contribution is 2.34. The smallest absolute Gasteiger partial charge is 0.254 e. The maximum Gasteiger partial charge on any atom is 0.254 e. The largest absolute Gasteiger partial charge is 0.378 e. The highest BCUT2D eigenvalue weighted by molar-refractivity contribution is 5.94. The second kappa shape index (κ2) is 10.0. The fourth-order valence-corrected chi connectivity index (χ4v) is 4.04. The molecule has 1 aliphatic heterocycles. The van der Waals surface area contributed by atoms with Crippen molar-refractivity contribution in [1.29, 1.82) is 0 Å². The zero-order valence-corrected chi connectivity index (χ0v) is 19.1. The number of aromatic nitrogens is 1. The Labute approximate surface area is 189 Å². The van der Waals surface area contributed by atoms with E-state index >= 15 is 0 Å². The zero-order chi connectivity index (χ0) is 22.5. The van der Waals surface area contributed by atoms with Crippen LogP contribution < -0.4 is 4.90 Å². The van der Waals surface area contributed by atoms with Gasteiger partial charge >= 0.3 is 0 Å². The minimum atomic E-state index is 0.0178. The van der Waals surface area contributed by atoms with Gasteiger partial charge in [0.1, 0.15) is 5.69 Å². The minimum absolute atomic E-state index is 0.0178. The van der Waals surface area contributed by atoms with Crippen LogP contribution in [0, 0.1) is 6.92 Å². The second-order valence-corrected chi connectivity index (χ2v) is 8.34. The molecule has 2 aromatic carbocycles. The molecule has 3 aromatic rings. The lowest BCUT2D eigenvalue weighted by molar-refractivity contribution is 0.0671. The van der Waals surface area contributed by atoms with Gasteiger partial charge < -0.3 is 19.1 Å². The molecule has 1 fully saturated rings. The number of aryl methyl sites for hydroxylation is 1. The minimum Gasteiger partial charge on any atom is -0.378 e. The van der Waals surface area contributed by atoms with Crippen molar-refractivity contribution in [2.45, 2.75) is 39.8 Å². The van der Waals surface area contributed by atoms with Crippen LogP contribution in [0.25, 0.3) is 11.3 Å². The molecular weight excluding hydrogens is 402 g/mol. The predicted molar refractivity (Wildman–Crippen MR) is 126 cm³/mol. The standard InChI is InChI=1S/C26H31N3O3/c1-4-20(3)29(25(30)21-10-6-5-7-11-21)18-23-24(22-12-8-9-19(2)17-22)27-32-26(23)28-13-15-31-16-14-28/h5-12,17,20H,4,13-16,18H2,1-3H3/t20-/m1/s1. The van der Waals surface area contributed by atoms with E-state index in [1.165, 1.54) is 0 Å². The van der Waals surface area contributed by atoms with Crippen molar-refractivity contribution in [3.8, 4) is 11.3 Å². The summed E-state index contributed by atoms with van der Waals surface area (Å²) < 4.78 is 11.4. The molecular formula is C26H31N3O3. The van der Waals surface area contributed by atoms with E-state index in [0.29, 0.717) is 25.3 Å². The van der Waals surface area contributed by atoms with Gasteiger partial charge in [0, 0.05) is 30.3 Å². The summed E-state index contributed by atoms with van der Waals surface area (Å²) in [5, 5.41) is 4.48. The molecule has 1 saturated heterocycles. The molecule has 1 atom stereocenters. The molecule has 0 bridgehead atoms. The topological polar surface area (TPSA) is 58.8 Å². The van der Waals surface area contributed by atoms with E-state index in [1.807, 2.05) is 47.4 Å². The normalized spacial score (nSPS) is 14.9. The third-order valence-electron chi connectivity index (χ3n) is 6.09. The fraction of sp³-hybridized carbons (Fsp3) is 0.385. The van der Waals surface area contributed by atoms with Crippen LogP contribution in [0.5, 0.6) is 0 Å². The quantitative estimate of drug-likeness (QED) is 0.529. The van der Waals surface area contributed by atoms with Crippen LogP contribution in [0.2, 0.25) is 0 Å². The number of benzene rings is 2. The van der Waals surface area contributed by atoms with Crippen molar-refractivity contribution >= 4 is 11.8 Å². The number of carbonyl (C=O) groups excluding carboxylic acids is 1. The third kappa shape index (κ3) is 4.70. The summed E-state index contributed by atoms with van der Waals surface area (Å²) in [6, 6.07) is 17.8. The molecule has 32 heavy (non-hydrogen) atoms. The lowest BCUT2D eigenvalue weighted by Gasteiger charge is -2.31. The van der Waals surface area contributed by atoms with Crippen molar-refractivity contribution in [2.24, 2.45) is 0 Å². The first-order chi connectivity index (χ1) is 15.6. The number of anilines is 1. The summed E-state index contributed by atoms with van der Waals surface area (Å²) in [5.41, 5.74) is 4.59. The van der Waals surface area contributed by atoms with Gasteiger partial charge in [0.2, 0.25) is 5.88 Å². The number of hydrogen-bond acceptors (Lipinski definition) is 5. The molecule has 1 amide bonds. The van der Waals surface area contributed by atoms with Crippen LogP contribution >= 0.6 is 0 Å². The average molecular weight is 434 g/mol. The molecule has 0 spiro atoms.